The molecule has 0 atom stereocenters. The van der Waals surface area contributed by atoms with E-state index in [0.29, 0.717) is 18.1 Å². The molecular weight excluding hydrogens is 555 g/mol. The first-order chi connectivity index (χ1) is 20.7. The molecule has 0 unspecified atom stereocenters. The van der Waals surface area contributed by atoms with Gasteiger partial charge in [-0.2, -0.15) is 0 Å². The lowest BCUT2D eigenvalue weighted by molar-refractivity contribution is 0.255. The highest BCUT2D eigenvalue weighted by molar-refractivity contribution is 8.07. The minimum Gasteiger partial charge on any atom is -0.416 e. The van der Waals surface area contributed by atoms with Crippen LogP contribution in [0.2, 0.25) is 0 Å². The summed E-state index contributed by atoms with van der Waals surface area (Å²) in [5, 5.41) is 0. The van der Waals surface area contributed by atoms with Crippen LogP contribution in [0, 0.1) is 0 Å². The molecule has 0 heterocycles. The summed E-state index contributed by atoms with van der Waals surface area (Å²) in [7, 11) is 0. The van der Waals surface area contributed by atoms with Crippen molar-refractivity contribution in [3.8, 4) is 11.5 Å². The highest BCUT2D eigenvalue weighted by Gasteiger charge is 2.24. The third-order valence-corrected chi connectivity index (χ3v) is 9.81. The zero-order valence-electron chi connectivity index (χ0n) is 25.9. The second-order valence-corrected chi connectivity index (χ2v) is 14.2. The van der Waals surface area contributed by atoms with Crippen molar-refractivity contribution in [3.05, 3.63) is 96.1 Å². The molecule has 0 N–H and O–H groups in total. The minimum absolute atomic E-state index is 0.548. The van der Waals surface area contributed by atoms with Crippen LogP contribution in [0.3, 0.4) is 0 Å². The fraction of sp³-hybridized carbons (Fsp3) is 0.514. The Hall–Kier alpha value is -2.13. The molecule has 0 saturated heterocycles. The number of rotatable bonds is 24. The number of unbranched alkanes of at least 4 members (excludes halogenated alkanes) is 13. The average Bonchev–Trinajstić information content (AvgIpc) is 3.01. The van der Waals surface area contributed by atoms with E-state index in [1.165, 1.54) is 96.3 Å². The Labute approximate surface area is 261 Å². The Bertz CT molecular complexity index is 1080. The van der Waals surface area contributed by atoms with Gasteiger partial charge in [-0.1, -0.05) is 145 Å². The van der Waals surface area contributed by atoms with E-state index in [4.69, 9.17) is 25.4 Å². The Kier molecular flexibility index (Phi) is 17.6. The van der Waals surface area contributed by atoms with Gasteiger partial charge in [0.15, 0.2) is 0 Å². The molecule has 5 heteroatoms. The SMILES string of the molecule is CCCCCCCCCCc1ccccc1CCCCCCCCCOP(=S)(Oc1ccccc1)Oc1ccccc1. The number of aryl methyl sites for hydroxylation is 2. The number of para-hydroxylation sites is 2. The van der Waals surface area contributed by atoms with Crippen LogP contribution < -0.4 is 9.05 Å². The summed E-state index contributed by atoms with van der Waals surface area (Å²) in [4.78, 5) is 0. The molecule has 0 spiro atoms. The molecule has 3 rings (SSSR count). The van der Waals surface area contributed by atoms with Gasteiger partial charge in [-0.15, -0.1) is 0 Å². The third-order valence-electron chi connectivity index (χ3n) is 7.68. The number of hydrogen-bond acceptors (Lipinski definition) is 4. The van der Waals surface area contributed by atoms with Gasteiger partial charge in [-0.05, 0) is 67.5 Å². The van der Waals surface area contributed by atoms with Crippen LogP contribution in [0.15, 0.2) is 84.9 Å². The smallest absolute Gasteiger partial charge is 0.416 e. The molecule has 230 valence electrons. The standard InChI is InChI=1S/C37H53O3PS/c1-2-3-4-5-6-8-11-16-25-34-27-22-23-28-35(34)26-17-12-9-7-10-13-24-33-38-41(42,39-36-29-18-14-19-30-36)40-37-31-20-15-21-32-37/h14-15,18-23,27-32H,2-13,16-17,24-26,33H2,1H3. The lowest BCUT2D eigenvalue weighted by atomic mass is 9.96. The number of hydrogen-bond donors (Lipinski definition) is 0. The molecule has 3 aromatic rings. The molecule has 0 bridgehead atoms. The summed E-state index contributed by atoms with van der Waals surface area (Å²) in [5.74, 6) is 1.35. The topological polar surface area (TPSA) is 27.7 Å². The normalized spacial score (nSPS) is 11.5. The van der Waals surface area contributed by atoms with Crippen LogP contribution in [-0.2, 0) is 29.2 Å². The summed E-state index contributed by atoms with van der Waals surface area (Å²) in [6.07, 6.45) is 22.0. The third kappa shape index (κ3) is 14.9. The van der Waals surface area contributed by atoms with Gasteiger partial charge in [0.05, 0.1) is 6.61 Å². The van der Waals surface area contributed by atoms with E-state index in [1.807, 2.05) is 60.7 Å². The summed E-state index contributed by atoms with van der Waals surface area (Å²) in [5.41, 5.74) is 3.15. The molecular formula is C37H53O3PS. The van der Waals surface area contributed by atoms with Gasteiger partial charge >= 0.3 is 6.72 Å². The lowest BCUT2D eigenvalue weighted by Crippen LogP contribution is -2.06. The zero-order chi connectivity index (χ0) is 29.6. The van der Waals surface area contributed by atoms with Crippen molar-refractivity contribution in [2.75, 3.05) is 6.61 Å². The highest BCUT2D eigenvalue weighted by atomic mass is 32.5. The average molecular weight is 609 g/mol. The van der Waals surface area contributed by atoms with Crippen molar-refractivity contribution >= 4 is 18.5 Å². The largest absolute Gasteiger partial charge is 0.434 e. The van der Waals surface area contributed by atoms with E-state index in [0.717, 1.165) is 12.8 Å². The molecule has 0 radical (unpaired) electrons. The molecule has 3 nitrogen and oxygen atoms in total. The maximum Gasteiger partial charge on any atom is 0.434 e. The summed E-state index contributed by atoms with van der Waals surface area (Å²) in [6.45, 7) is -0.113. The first-order valence-electron chi connectivity index (χ1n) is 16.5. The van der Waals surface area contributed by atoms with Crippen LogP contribution in [0.4, 0.5) is 0 Å². The van der Waals surface area contributed by atoms with Crippen molar-refractivity contribution in [2.24, 2.45) is 0 Å². The van der Waals surface area contributed by atoms with Crippen molar-refractivity contribution in [1.29, 1.82) is 0 Å². The fourth-order valence-corrected chi connectivity index (χ4v) is 7.26. The monoisotopic (exact) mass is 608 g/mol. The van der Waals surface area contributed by atoms with Gasteiger partial charge < -0.3 is 9.05 Å². The van der Waals surface area contributed by atoms with Crippen LogP contribution >= 0.6 is 6.72 Å². The van der Waals surface area contributed by atoms with Gasteiger partial charge in [-0.25, -0.2) is 0 Å². The molecule has 0 fully saturated rings. The maximum atomic E-state index is 6.09. The number of benzene rings is 3. The highest BCUT2D eigenvalue weighted by Crippen LogP contribution is 2.50. The Morgan fingerprint density at radius 3 is 1.31 bits per heavy atom. The maximum absolute atomic E-state index is 6.09. The summed E-state index contributed by atoms with van der Waals surface area (Å²) in [6, 6.07) is 28.3. The molecule has 0 aliphatic carbocycles. The molecule has 0 aliphatic heterocycles. The quantitative estimate of drug-likeness (QED) is 0.0747. The second kappa shape index (κ2) is 21.5. The first-order valence-corrected chi connectivity index (χ1v) is 19.0. The van der Waals surface area contributed by atoms with Gasteiger partial charge in [-0.3, -0.25) is 4.52 Å². The van der Waals surface area contributed by atoms with Gasteiger partial charge in [0.2, 0.25) is 0 Å². The van der Waals surface area contributed by atoms with Crippen molar-refractivity contribution in [2.45, 2.75) is 116 Å². The van der Waals surface area contributed by atoms with E-state index < -0.39 is 6.72 Å². The lowest BCUT2D eigenvalue weighted by Gasteiger charge is -2.22. The predicted molar refractivity (Wildman–Crippen MR) is 183 cm³/mol. The van der Waals surface area contributed by atoms with E-state index in [9.17, 15) is 0 Å². The molecule has 0 aromatic heterocycles. The molecule has 3 aromatic carbocycles. The summed E-state index contributed by atoms with van der Waals surface area (Å²) >= 11 is 5.76. The first kappa shape index (κ1) is 34.4. The molecule has 0 aliphatic rings. The van der Waals surface area contributed by atoms with Gasteiger partial charge in [0.25, 0.3) is 0 Å². The van der Waals surface area contributed by atoms with Crippen molar-refractivity contribution in [3.63, 3.8) is 0 Å². The Morgan fingerprint density at radius 2 is 0.857 bits per heavy atom. The minimum atomic E-state index is -2.95. The van der Waals surface area contributed by atoms with Gasteiger partial charge in [0, 0.05) is 11.8 Å². The van der Waals surface area contributed by atoms with Crippen LogP contribution in [0.25, 0.3) is 0 Å². The van der Waals surface area contributed by atoms with Crippen LogP contribution in [-0.4, -0.2) is 6.61 Å². The van der Waals surface area contributed by atoms with E-state index in [-0.39, 0.29) is 0 Å². The molecule has 0 amide bonds. The molecule has 0 saturated carbocycles. The van der Waals surface area contributed by atoms with Crippen molar-refractivity contribution in [1.82, 2.24) is 0 Å². The van der Waals surface area contributed by atoms with Crippen LogP contribution in [0.1, 0.15) is 114 Å². The van der Waals surface area contributed by atoms with Crippen LogP contribution in [0.5, 0.6) is 11.5 Å². The Balaban J connectivity index is 1.26. The van der Waals surface area contributed by atoms with E-state index in [2.05, 4.69) is 31.2 Å². The van der Waals surface area contributed by atoms with E-state index in [1.54, 1.807) is 11.1 Å². The second-order valence-electron chi connectivity index (χ2n) is 11.3. The predicted octanol–water partition coefficient (Wildman–Crippen LogP) is 12.0. The zero-order valence-corrected chi connectivity index (χ0v) is 27.6. The van der Waals surface area contributed by atoms with Gasteiger partial charge in [0.1, 0.15) is 11.5 Å². The molecule has 42 heavy (non-hydrogen) atoms. The van der Waals surface area contributed by atoms with E-state index >= 15 is 0 Å². The Morgan fingerprint density at radius 1 is 0.476 bits per heavy atom. The summed E-state index contributed by atoms with van der Waals surface area (Å²) < 4.78 is 18.2. The van der Waals surface area contributed by atoms with Crippen molar-refractivity contribution < 1.29 is 13.6 Å². The fourth-order valence-electron chi connectivity index (χ4n) is 5.26.